The smallest absolute Gasteiger partial charge is 0.459 e. The van der Waals surface area contributed by atoms with Gasteiger partial charge in [-0.1, -0.05) is 63.2 Å². The summed E-state index contributed by atoms with van der Waals surface area (Å²) >= 11 is 0. The van der Waals surface area contributed by atoms with Crippen molar-refractivity contribution >= 4 is 31.8 Å². The number of aliphatic imine (C=N–C) groups is 1. The van der Waals surface area contributed by atoms with Gasteiger partial charge in [0.05, 0.1) is 18.8 Å². The van der Waals surface area contributed by atoms with Gasteiger partial charge >= 0.3 is 13.7 Å². The van der Waals surface area contributed by atoms with Crippen LogP contribution in [0.25, 0.3) is 5.52 Å². The minimum atomic E-state index is -4.37. The lowest BCUT2D eigenvalue weighted by atomic mass is 9.87. The average molecular weight is 681 g/mol. The van der Waals surface area contributed by atoms with Gasteiger partial charge in [0.1, 0.15) is 48.6 Å². The van der Waals surface area contributed by atoms with Crippen LogP contribution in [0.4, 0.5) is 5.82 Å². The van der Waals surface area contributed by atoms with E-state index in [2.05, 4.69) is 47.7 Å². The number of aromatic nitrogens is 3. The number of esters is 1. The Balaban J connectivity index is 1.37. The molecule has 1 aliphatic rings. The second-order valence-electron chi connectivity index (χ2n) is 12.6. The number of benzene rings is 2. The highest BCUT2D eigenvalue weighted by molar-refractivity contribution is 7.52. The molecule has 2 aromatic carbocycles. The van der Waals surface area contributed by atoms with E-state index in [0.717, 1.165) is 11.1 Å². The Morgan fingerprint density at radius 2 is 1.88 bits per heavy atom. The first-order valence-corrected chi connectivity index (χ1v) is 16.9. The Kier molecular flexibility index (Phi) is 10.3. The molecule has 5 N–H and O–H groups in total. The predicted molar refractivity (Wildman–Crippen MR) is 179 cm³/mol. The fourth-order valence-electron chi connectivity index (χ4n) is 5.44. The van der Waals surface area contributed by atoms with E-state index in [-0.39, 0.29) is 30.1 Å². The molecule has 6 atom stereocenters. The summed E-state index contributed by atoms with van der Waals surface area (Å²) in [7, 11) is -4.37. The number of nitrogens with one attached hydrogen (secondary N) is 1. The Bertz CT molecular complexity index is 1780. The number of fused-ring (bicyclic) bond motifs is 1. The van der Waals surface area contributed by atoms with E-state index in [1.165, 1.54) is 17.8 Å². The number of rotatable bonds is 13. The third kappa shape index (κ3) is 7.44. The van der Waals surface area contributed by atoms with Gasteiger partial charge in [0, 0.05) is 0 Å². The number of hydrogen-bond donors (Lipinski definition) is 4. The zero-order chi connectivity index (χ0) is 34.7. The largest absolute Gasteiger partial charge is 0.460 e. The monoisotopic (exact) mass is 680 g/mol. The summed E-state index contributed by atoms with van der Waals surface area (Å²) in [6.07, 6.45) is -3.03. The van der Waals surface area contributed by atoms with Gasteiger partial charge in [-0.3, -0.25) is 14.3 Å². The third-order valence-corrected chi connectivity index (χ3v) is 9.73. The fourth-order valence-corrected chi connectivity index (χ4v) is 6.95. The SMILES string of the molecule is C=NC[C@@]1(c2ccc3c(N)ncnn23)O[C@H](COP(=O)(N[C@@H](C)C(=O)OCc2ccccc2)Oc2ccc(C(C)(C)C)cc2)[C@@H](O)[C@H]1O. The van der Waals surface area contributed by atoms with E-state index >= 15 is 0 Å². The number of aliphatic hydroxyl groups excluding tert-OH is 2. The summed E-state index contributed by atoms with van der Waals surface area (Å²) in [5, 5.41) is 29.4. The number of carbonyl (C=O) groups is 1. The second-order valence-corrected chi connectivity index (χ2v) is 14.3. The van der Waals surface area contributed by atoms with Crippen LogP contribution in [0.2, 0.25) is 0 Å². The Hall–Kier alpha value is -4.17. The van der Waals surface area contributed by atoms with Gasteiger partial charge in [-0.2, -0.15) is 10.2 Å². The Morgan fingerprint density at radius 1 is 1.17 bits per heavy atom. The Labute approximate surface area is 278 Å². The number of ether oxygens (including phenoxy) is 2. The van der Waals surface area contributed by atoms with E-state index in [9.17, 15) is 19.6 Å². The average Bonchev–Trinajstić information content (AvgIpc) is 3.60. The van der Waals surface area contributed by atoms with Crippen molar-refractivity contribution in [2.75, 3.05) is 18.9 Å². The summed E-state index contributed by atoms with van der Waals surface area (Å²) in [4.78, 5) is 20.9. The van der Waals surface area contributed by atoms with Crippen LogP contribution in [-0.2, 0) is 41.0 Å². The molecule has 4 aromatic rings. The van der Waals surface area contributed by atoms with Gasteiger partial charge in [0.25, 0.3) is 0 Å². The molecule has 0 bridgehead atoms. The van der Waals surface area contributed by atoms with Gasteiger partial charge < -0.3 is 29.9 Å². The minimum absolute atomic E-state index is 0.0103. The summed E-state index contributed by atoms with van der Waals surface area (Å²) in [6.45, 7) is 10.5. The van der Waals surface area contributed by atoms with Crippen molar-refractivity contribution in [2.45, 2.75) is 69.7 Å². The van der Waals surface area contributed by atoms with E-state index in [4.69, 9.17) is 24.3 Å². The van der Waals surface area contributed by atoms with Crippen LogP contribution in [0, 0.1) is 0 Å². The number of carbonyl (C=O) groups excluding carboxylic acids is 1. The maximum absolute atomic E-state index is 14.3. The van der Waals surface area contributed by atoms with Gasteiger partial charge in [-0.25, -0.2) is 14.1 Å². The van der Waals surface area contributed by atoms with Crippen LogP contribution in [0.3, 0.4) is 0 Å². The molecule has 0 radical (unpaired) electrons. The molecule has 5 rings (SSSR count). The lowest BCUT2D eigenvalue weighted by Gasteiger charge is -2.30. The standard InChI is InChI=1S/C33H41N6O8P/c1-21(31(42)44-17-22-9-7-6-8-10-22)38-48(43,47-24-13-11-23(12-14-24)32(2,3)4)45-18-26-28(40)29(41)33(46-26,19-35-5)27-16-15-25-30(34)36-20-37-39(25)27/h6-16,20-21,26,28-29,40-41H,5,17-19H2,1-4H3,(H,38,43)(H2,34,36,37)/t21-,26+,28+,29+,33-,48?/m0/s1. The topological polar surface area (TPSA) is 192 Å². The molecule has 0 amide bonds. The van der Waals surface area contributed by atoms with E-state index < -0.39 is 50.3 Å². The van der Waals surface area contributed by atoms with Crippen LogP contribution in [0.5, 0.6) is 5.75 Å². The van der Waals surface area contributed by atoms with Crippen LogP contribution in [-0.4, -0.2) is 75.0 Å². The summed E-state index contributed by atoms with van der Waals surface area (Å²) in [6, 6.07) is 18.2. The van der Waals surface area contributed by atoms with Crippen molar-refractivity contribution in [1.82, 2.24) is 19.7 Å². The van der Waals surface area contributed by atoms with Crippen molar-refractivity contribution in [3.63, 3.8) is 0 Å². The third-order valence-electron chi connectivity index (χ3n) is 8.09. The number of aliphatic hydroxyl groups is 2. The molecule has 0 spiro atoms. The van der Waals surface area contributed by atoms with Crippen molar-refractivity contribution in [3.8, 4) is 5.75 Å². The number of nitrogen functional groups attached to an aromatic ring is 1. The molecule has 3 heterocycles. The highest BCUT2D eigenvalue weighted by atomic mass is 31.2. The summed E-state index contributed by atoms with van der Waals surface area (Å²) in [5.41, 5.74) is 6.82. The Morgan fingerprint density at radius 3 is 2.54 bits per heavy atom. The van der Waals surface area contributed by atoms with E-state index in [1.807, 2.05) is 42.5 Å². The first-order valence-electron chi connectivity index (χ1n) is 15.3. The molecule has 1 saturated heterocycles. The quantitative estimate of drug-likeness (QED) is 0.0914. The highest BCUT2D eigenvalue weighted by Gasteiger charge is 2.57. The molecule has 256 valence electrons. The van der Waals surface area contributed by atoms with Gasteiger partial charge in [-0.15, -0.1) is 0 Å². The molecule has 48 heavy (non-hydrogen) atoms. The molecule has 1 fully saturated rings. The predicted octanol–water partition coefficient (Wildman–Crippen LogP) is 3.55. The fraction of sp³-hybridized carbons (Fsp3) is 0.394. The molecule has 0 saturated carbocycles. The zero-order valence-electron chi connectivity index (χ0n) is 27.2. The number of hydrogen-bond acceptors (Lipinski definition) is 12. The number of nitrogens with two attached hydrogens (primary N) is 1. The first kappa shape index (κ1) is 35.1. The number of nitrogens with zero attached hydrogens (tertiary/aromatic N) is 4. The maximum atomic E-state index is 14.3. The second kappa shape index (κ2) is 14.1. The molecular formula is C33H41N6O8P. The van der Waals surface area contributed by atoms with Crippen LogP contribution < -0.4 is 15.3 Å². The van der Waals surface area contributed by atoms with Crippen molar-refractivity contribution < 1.29 is 38.1 Å². The molecule has 2 aromatic heterocycles. The van der Waals surface area contributed by atoms with Crippen molar-refractivity contribution in [2.24, 2.45) is 4.99 Å². The molecule has 0 aliphatic carbocycles. The van der Waals surface area contributed by atoms with Crippen molar-refractivity contribution in [1.29, 1.82) is 0 Å². The normalized spacial score (nSPS) is 23.0. The molecular weight excluding hydrogens is 639 g/mol. The van der Waals surface area contributed by atoms with Gasteiger partial charge in [-0.05, 0) is 54.4 Å². The molecule has 15 heteroatoms. The zero-order valence-corrected chi connectivity index (χ0v) is 28.1. The summed E-state index contributed by atoms with van der Waals surface area (Å²) in [5.74, 6) is -0.292. The first-order chi connectivity index (χ1) is 22.8. The van der Waals surface area contributed by atoms with E-state index in [0.29, 0.717) is 11.2 Å². The van der Waals surface area contributed by atoms with Gasteiger partial charge in [0.2, 0.25) is 0 Å². The van der Waals surface area contributed by atoms with Crippen LogP contribution in [0.15, 0.2) is 78.0 Å². The van der Waals surface area contributed by atoms with Crippen molar-refractivity contribution in [3.05, 3.63) is 89.9 Å². The number of anilines is 1. The maximum Gasteiger partial charge on any atom is 0.459 e. The van der Waals surface area contributed by atoms with Crippen LogP contribution in [0.1, 0.15) is 44.5 Å². The molecule has 1 unspecified atom stereocenters. The van der Waals surface area contributed by atoms with Crippen LogP contribution >= 0.6 is 7.75 Å². The summed E-state index contributed by atoms with van der Waals surface area (Å²) < 4.78 is 39.1. The highest BCUT2D eigenvalue weighted by Crippen LogP contribution is 2.48. The molecule has 14 nitrogen and oxygen atoms in total. The lowest BCUT2D eigenvalue weighted by Crippen LogP contribution is -2.44. The van der Waals surface area contributed by atoms with Gasteiger partial charge in [0.15, 0.2) is 11.4 Å². The minimum Gasteiger partial charge on any atom is -0.460 e. The lowest BCUT2D eigenvalue weighted by molar-refractivity contribution is -0.146. The van der Waals surface area contributed by atoms with E-state index in [1.54, 1.807) is 24.3 Å². The molecule has 1 aliphatic heterocycles.